The standard InChI is InChI=1S/C25H32N4O3/c1-17-10-11-18-6-4-8-21(23(18)27-17)28-31-15-25(2,3)16-32-29-22-9-5-7-20-19(14-30)12-13-26-24(20)22/h10-13,30H,4-9,14-16H2,1-3H3. The number of rotatable bonds is 7. The molecule has 1 N–H and O–H groups in total. The highest BCUT2D eigenvalue weighted by Crippen LogP contribution is 2.25. The fourth-order valence-electron chi connectivity index (χ4n) is 4.15. The van der Waals surface area contributed by atoms with Crippen molar-refractivity contribution < 1.29 is 14.8 Å². The molecule has 7 heteroatoms. The lowest BCUT2D eigenvalue weighted by Crippen LogP contribution is -2.25. The number of aliphatic hydroxyl groups is 1. The van der Waals surface area contributed by atoms with Crippen molar-refractivity contribution in [3.63, 3.8) is 0 Å². The fourth-order valence-corrected chi connectivity index (χ4v) is 4.15. The van der Waals surface area contributed by atoms with Gasteiger partial charge in [0.25, 0.3) is 0 Å². The second-order valence-corrected chi connectivity index (χ2v) is 9.41. The Bertz CT molecular complexity index is 1030. The van der Waals surface area contributed by atoms with Crippen LogP contribution in [0.2, 0.25) is 0 Å². The normalized spacial score (nSPS) is 18.4. The van der Waals surface area contributed by atoms with Crippen molar-refractivity contribution in [1.82, 2.24) is 9.97 Å². The van der Waals surface area contributed by atoms with E-state index in [1.54, 1.807) is 6.20 Å². The Morgan fingerprint density at radius 1 is 0.938 bits per heavy atom. The van der Waals surface area contributed by atoms with Crippen molar-refractivity contribution >= 4 is 11.4 Å². The maximum atomic E-state index is 9.58. The number of pyridine rings is 2. The van der Waals surface area contributed by atoms with Crippen LogP contribution in [0.5, 0.6) is 0 Å². The second-order valence-electron chi connectivity index (χ2n) is 9.41. The third kappa shape index (κ3) is 5.15. The van der Waals surface area contributed by atoms with Gasteiger partial charge in [0.05, 0.1) is 18.0 Å². The molecule has 2 aliphatic rings. The van der Waals surface area contributed by atoms with Crippen LogP contribution in [0.3, 0.4) is 0 Å². The Morgan fingerprint density at radius 2 is 1.62 bits per heavy atom. The lowest BCUT2D eigenvalue weighted by molar-refractivity contribution is -0.000312. The fraction of sp³-hybridized carbons (Fsp3) is 0.520. The van der Waals surface area contributed by atoms with E-state index in [4.69, 9.17) is 9.68 Å². The van der Waals surface area contributed by atoms with Crippen LogP contribution in [0, 0.1) is 12.3 Å². The van der Waals surface area contributed by atoms with Crippen molar-refractivity contribution in [2.24, 2.45) is 15.7 Å². The minimum Gasteiger partial charge on any atom is -0.395 e. The summed E-state index contributed by atoms with van der Waals surface area (Å²) in [4.78, 5) is 20.6. The molecule has 4 rings (SSSR count). The molecule has 2 heterocycles. The molecule has 170 valence electrons. The zero-order valence-corrected chi connectivity index (χ0v) is 19.2. The highest BCUT2D eigenvalue weighted by atomic mass is 16.6. The number of hydrogen-bond donors (Lipinski definition) is 1. The summed E-state index contributed by atoms with van der Waals surface area (Å²) in [5.74, 6) is 0. The minimum absolute atomic E-state index is 0.0193. The molecule has 0 aliphatic heterocycles. The highest BCUT2D eigenvalue weighted by Gasteiger charge is 2.24. The van der Waals surface area contributed by atoms with Crippen LogP contribution in [0.15, 0.2) is 34.7 Å². The average Bonchev–Trinajstić information content (AvgIpc) is 2.79. The molecule has 0 spiro atoms. The Hall–Kier alpha value is -2.80. The molecule has 0 bridgehead atoms. The summed E-state index contributed by atoms with van der Waals surface area (Å²) in [5.41, 5.74) is 7.58. The molecular formula is C25H32N4O3. The maximum Gasteiger partial charge on any atom is 0.125 e. The van der Waals surface area contributed by atoms with Crippen LogP contribution in [0.1, 0.15) is 73.3 Å². The lowest BCUT2D eigenvalue weighted by atomic mass is 9.91. The summed E-state index contributed by atoms with van der Waals surface area (Å²) >= 11 is 0. The smallest absolute Gasteiger partial charge is 0.125 e. The van der Waals surface area contributed by atoms with Gasteiger partial charge in [-0.25, -0.2) is 0 Å². The maximum absolute atomic E-state index is 9.58. The third-order valence-electron chi connectivity index (χ3n) is 5.95. The van der Waals surface area contributed by atoms with E-state index in [9.17, 15) is 5.11 Å². The predicted molar refractivity (Wildman–Crippen MR) is 124 cm³/mol. The number of hydrogen-bond acceptors (Lipinski definition) is 7. The molecular weight excluding hydrogens is 404 g/mol. The second kappa shape index (κ2) is 9.77. The predicted octanol–water partition coefficient (Wildman–Crippen LogP) is 4.12. The van der Waals surface area contributed by atoms with E-state index in [-0.39, 0.29) is 12.0 Å². The van der Waals surface area contributed by atoms with Gasteiger partial charge in [-0.3, -0.25) is 9.97 Å². The van der Waals surface area contributed by atoms with E-state index in [1.807, 2.05) is 13.0 Å². The molecule has 7 nitrogen and oxygen atoms in total. The van der Waals surface area contributed by atoms with E-state index in [0.717, 1.165) is 78.2 Å². The zero-order valence-electron chi connectivity index (χ0n) is 19.2. The first-order chi connectivity index (χ1) is 15.5. The number of aryl methyl sites for hydroxylation is 2. The zero-order chi connectivity index (χ0) is 22.6. The van der Waals surface area contributed by atoms with Crippen molar-refractivity contribution in [2.45, 2.75) is 65.9 Å². The summed E-state index contributed by atoms with van der Waals surface area (Å²) in [6, 6.07) is 6.06. The number of oxime groups is 2. The molecule has 2 aliphatic carbocycles. The van der Waals surface area contributed by atoms with Crippen LogP contribution >= 0.6 is 0 Å². The van der Waals surface area contributed by atoms with E-state index < -0.39 is 0 Å². The average molecular weight is 437 g/mol. The monoisotopic (exact) mass is 436 g/mol. The number of aliphatic hydroxyl groups excluding tert-OH is 1. The molecule has 0 saturated heterocycles. The molecule has 32 heavy (non-hydrogen) atoms. The molecule has 0 aromatic carbocycles. The Kier molecular flexibility index (Phi) is 6.84. The summed E-state index contributed by atoms with van der Waals surface area (Å²) in [5, 5.41) is 18.4. The van der Waals surface area contributed by atoms with Crippen molar-refractivity contribution in [3.05, 3.63) is 58.2 Å². The quantitative estimate of drug-likeness (QED) is 0.660. The van der Waals surface area contributed by atoms with Gasteiger partial charge < -0.3 is 14.8 Å². The van der Waals surface area contributed by atoms with Crippen molar-refractivity contribution in [3.8, 4) is 0 Å². The Morgan fingerprint density at radius 3 is 2.34 bits per heavy atom. The number of fused-ring (bicyclic) bond motifs is 2. The molecule has 0 fully saturated rings. The van der Waals surface area contributed by atoms with Crippen LogP contribution in [-0.2, 0) is 29.1 Å². The van der Waals surface area contributed by atoms with Crippen LogP contribution in [0.25, 0.3) is 0 Å². The summed E-state index contributed by atoms with van der Waals surface area (Å²) in [6.07, 6.45) is 7.43. The van der Waals surface area contributed by atoms with Gasteiger partial charge in [0.1, 0.15) is 24.6 Å². The summed E-state index contributed by atoms with van der Waals surface area (Å²) in [7, 11) is 0. The topological polar surface area (TPSA) is 89.2 Å². The number of aromatic nitrogens is 2. The van der Waals surface area contributed by atoms with Gasteiger partial charge in [-0.05, 0) is 74.3 Å². The molecule has 0 unspecified atom stereocenters. The van der Waals surface area contributed by atoms with Gasteiger partial charge in [0.15, 0.2) is 0 Å². The molecule has 2 aromatic rings. The first-order valence-corrected chi connectivity index (χ1v) is 11.4. The Balaban J connectivity index is 1.36. The number of nitrogens with zero attached hydrogens (tertiary/aromatic N) is 4. The molecule has 0 amide bonds. The SMILES string of the molecule is Cc1ccc2c(n1)C(=NOCC(C)(C)CON=C1CCCc3c(CO)ccnc31)CCC2. The summed E-state index contributed by atoms with van der Waals surface area (Å²) < 4.78 is 0. The highest BCUT2D eigenvalue weighted by molar-refractivity contribution is 6.01. The Labute approximate surface area is 189 Å². The van der Waals surface area contributed by atoms with Gasteiger partial charge in [-0.15, -0.1) is 0 Å². The van der Waals surface area contributed by atoms with Gasteiger partial charge in [0, 0.05) is 17.3 Å². The summed E-state index contributed by atoms with van der Waals surface area (Å²) in [6.45, 7) is 6.99. The van der Waals surface area contributed by atoms with Crippen molar-refractivity contribution in [1.29, 1.82) is 0 Å². The molecule has 2 aromatic heterocycles. The van der Waals surface area contributed by atoms with E-state index in [1.165, 1.54) is 5.56 Å². The van der Waals surface area contributed by atoms with Crippen molar-refractivity contribution in [2.75, 3.05) is 13.2 Å². The minimum atomic E-state index is -0.260. The lowest BCUT2D eigenvalue weighted by Gasteiger charge is -2.23. The molecule has 0 radical (unpaired) electrons. The van der Waals surface area contributed by atoms with Crippen LogP contribution in [0.4, 0.5) is 0 Å². The van der Waals surface area contributed by atoms with Crippen LogP contribution < -0.4 is 0 Å². The van der Waals surface area contributed by atoms with Gasteiger partial charge in [0.2, 0.25) is 0 Å². The molecule has 0 saturated carbocycles. The van der Waals surface area contributed by atoms with E-state index in [2.05, 4.69) is 46.3 Å². The van der Waals surface area contributed by atoms with Crippen LogP contribution in [-0.4, -0.2) is 39.7 Å². The molecule has 0 atom stereocenters. The van der Waals surface area contributed by atoms with E-state index >= 15 is 0 Å². The first kappa shape index (κ1) is 22.4. The van der Waals surface area contributed by atoms with Gasteiger partial charge in [-0.1, -0.05) is 30.2 Å². The van der Waals surface area contributed by atoms with Gasteiger partial charge >= 0.3 is 0 Å². The largest absolute Gasteiger partial charge is 0.395 e. The third-order valence-corrected chi connectivity index (χ3v) is 5.95. The van der Waals surface area contributed by atoms with E-state index in [0.29, 0.717) is 13.2 Å². The first-order valence-electron chi connectivity index (χ1n) is 11.4. The van der Waals surface area contributed by atoms with Gasteiger partial charge in [-0.2, -0.15) is 0 Å².